The first kappa shape index (κ1) is 30.6. The summed E-state index contributed by atoms with van der Waals surface area (Å²) in [6, 6.07) is 4.24. The fourth-order valence-corrected chi connectivity index (χ4v) is 4.95. The Bertz CT molecular complexity index is 1330. The van der Waals surface area contributed by atoms with Crippen molar-refractivity contribution < 1.29 is 18.5 Å². The van der Waals surface area contributed by atoms with Gasteiger partial charge >= 0.3 is 0 Å². The van der Waals surface area contributed by atoms with Gasteiger partial charge in [0, 0.05) is 23.0 Å². The van der Waals surface area contributed by atoms with E-state index in [-0.39, 0.29) is 33.7 Å². The van der Waals surface area contributed by atoms with Crippen molar-refractivity contribution in [2.45, 2.75) is 51.2 Å². The lowest BCUT2D eigenvalue weighted by Crippen LogP contribution is -2.30. The predicted molar refractivity (Wildman–Crippen MR) is 154 cm³/mol. The van der Waals surface area contributed by atoms with Gasteiger partial charge in [0.1, 0.15) is 28.4 Å². The van der Waals surface area contributed by atoms with E-state index in [0.29, 0.717) is 17.2 Å². The predicted octanol–water partition coefficient (Wildman–Crippen LogP) is 5.46. The Morgan fingerprint density at radius 3 is 2.28 bits per heavy atom. The molecule has 9 nitrogen and oxygen atoms in total. The number of aryl methyl sites for hydroxylation is 1. The highest BCUT2D eigenvalue weighted by Crippen LogP contribution is 2.34. The molecule has 1 aliphatic rings. The Kier molecular flexibility index (Phi) is 9.81. The molecule has 39 heavy (non-hydrogen) atoms. The van der Waals surface area contributed by atoms with Gasteiger partial charge in [-0.2, -0.15) is 4.98 Å². The second-order valence-electron chi connectivity index (χ2n) is 10.5. The van der Waals surface area contributed by atoms with Crippen LogP contribution in [0.1, 0.15) is 50.7 Å². The fraction of sp³-hybridized carbons (Fsp3) is 0.423. The van der Waals surface area contributed by atoms with Gasteiger partial charge in [-0.05, 0) is 84.8 Å². The molecule has 1 unspecified atom stereocenters. The van der Waals surface area contributed by atoms with E-state index in [1.165, 1.54) is 18.3 Å². The minimum absolute atomic E-state index is 0. The van der Waals surface area contributed by atoms with E-state index in [1.807, 2.05) is 34.7 Å². The average molecular weight is 582 g/mol. The van der Waals surface area contributed by atoms with Crippen molar-refractivity contribution in [3.8, 4) is 0 Å². The van der Waals surface area contributed by atoms with Crippen molar-refractivity contribution in [2.75, 3.05) is 35.5 Å². The third-order valence-corrected chi connectivity index (χ3v) is 8.11. The Morgan fingerprint density at radius 1 is 1.03 bits per heavy atom. The number of halogens is 3. The van der Waals surface area contributed by atoms with Crippen molar-refractivity contribution in [3.05, 3.63) is 58.5 Å². The van der Waals surface area contributed by atoms with Crippen LogP contribution in [0, 0.1) is 18.6 Å². The van der Waals surface area contributed by atoms with Crippen LogP contribution in [0.25, 0.3) is 0 Å². The zero-order chi connectivity index (χ0) is 27.6. The topological polar surface area (TPSA) is 127 Å². The van der Waals surface area contributed by atoms with E-state index in [9.17, 15) is 13.0 Å². The lowest BCUT2D eigenvalue weighted by Gasteiger charge is -2.29. The van der Waals surface area contributed by atoms with Gasteiger partial charge < -0.3 is 25.7 Å². The summed E-state index contributed by atoms with van der Waals surface area (Å²) >= 11 is 6.20. The molecule has 0 saturated carbocycles. The zero-order valence-corrected chi connectivity index (χ0v) is 24.1. The highest BCUT2D eigenvalue weighted by atomic mass is 35.5. The molecule has 13 heteroatoms. The van der Waals surface area contributed by atoms with Gasteiger partial charge in [-0.1, -0.05) is 11.6 Å². The molecule has 212 valence electrons. The molecule has 3 aromatic rings. The number of anilines is 5. The Labute approximate surface area is 234 Å². The molecule has 1 atom stereocenters. The summed E-state index contributed by atoms with van der Waals surface area (Å²) in [5.41, 5.74) is 2.05. The van der Waals surface area contributed by atoms with Crippen molar-refractivity contribution in [2.24, 2.45) is 0 Å². The second kappa shape index (κ2) is 12.5. The number of piperidine rings is 1. The third kappa shape index (κ3) is 7.59. The monoisotopic (exact) mass is 581 g/mol. The Hall–Kier alpha value is -2.93. The maximum Gasteiger partial charge on any atom is 0.229 e. The van der Waals surface area contributed by atoms with Crippen LogP contribution in [0.5, 0.6) is 0 Å². The molecule has 1 aliphatic heterocycles. The number of pyridine rings is 1. The molecule has 3 heterocycles. The number of nitrogens with zero attached hydrogens (tertiary/aromatic N) is 4. The molecule has 0 aliphatic carbocycles. The Balaban J connectivity index is 0.00000420. The van der Waals surface area contributed by atoms with Gasteiger partial charge in [-0.3, -0.25) is 0 Å². The van der Waals surface area contributed by atoms with E-state index in [1.54, 1.807) is 12.3 Å². The molecule has 1 fully saturated rings. The molecule has 0 bridgehead atoms. The van der Waals surface area contributed by atoms with E-state index in [2.05, 4.69) is 35.2 Å². The molecule has 1 saturated heterocycles. The van der Waals surface area contributed by atoms with Crippen LogP contribution in [0.15, 0.2) is 30.6 Å². The maximum absolute atomic E-state index is 15.0. The van der Waals surface area contributed by atoms with Gasteiger partial charge in [0.15, 0.2) is 5.15 Å². The normalized spacial score (nSPS) is 15.4. The summed E-state index contributed by atoms with van der Waals surface area (Å²) in [6.07, 6.45) is 4.55. The van der Waals surface area contributed by atoms with Crippen LogP contribution in [0.4, 0.5) is 37.6 Å². The first-order valence-electron chi connectivity index (χ1n) is 12.3. The lowest BCUT2D eigenvalue weighted by atomic mass is 9.88. The van der Waals surface area contributed by atoms with Crippen molar-refractivity contribution in [1.29, 1.82) is 0 Å². The van der Waals surface area contributed by atoms with Crippen LogP contribution in [-0.2, 0) is 11.0 Å². The molecular weight excluding hydrogens is 548 g/mol. The molecule has 0 amide bonds. The quantitative estimate of drug-likeness (QED) is 0.316. The van der Waals surface area contributed by atoms with Crippen LogP contribution < -0.4 is 15.4 Å². The number of nitrogens with one attached hydrogen (secondary N) is 3. The molecule has 0 radical (unpaired) electrons. The summed E-state index contributed by atoms with van der Waals surface area (Å²) in [5.74, 6) is -0.670. The van der Waals surface area contributed by atoms with Gasteiger partial charge in [-0.15, -0.1) is 0 Å². The van der Waals surface area contributed by atoms with E-state index in [0.717, 1.165) is 31.5 Å². The second-order valence-corrected chi connectivity index (χ2v) is 12.8. The first-order chi connectivity index (χ1) is 17.9. The minimum atomic E-state index is -1.39. The van der Waals surface area contributed by atoms with Gasteiger partial charge in [0.05, 0.1) is 22.3 Å². The number of hydrogen-bond donors (Lipinski definition) is 3. The first-order valence-corrected chi connectivity index (χ1v) is 13.8. The Morgan fingerprint density at radius 2 is 1.67 bits per heavy atom. The number of aromatic nitrogens is 3. The largest absolute Gasteiger partial charge is 0.412 e. The molecule has 0 spiro atoms. The molecule has 1 aromatic carbocycles. The van der Waals surface area contributed by atoms with Crippen molar-refractivity contribution in [1.82, 2.24) is 19.9 Å². The summed E-state index contributed by atoms with van der Waals surface area (Å²) in [5, 5.41) is 6.24. The standard InChI is InChI=1S/C26H32ClF2N7OS.H2O/c1-15-13-31-25(33-17-10-19(28)22(20(29)11-17)16-6-8-36(5)9-7-16)34-24(15)32-18-12-21(23(27)30-14-18)35-38(37)26(2,3)4;/h10-14,16,35H,6-9H2,1-5H3,(H2,31,32,33,34);1H2. The smallest absolute Gasteiger partial charge is 0.229 e. The van der Waals surface area contributed by atoms with Crippen molar-refractivity contribution in [3.63, 3.8) is 0 Å². The molecule has 4 rings (SSSR count). The zero-order valence-electron chi connectivity index (χ0n) is 22.5. The van der Waals surface area contributed by atoms with Crippen LogP contribution in [0.2, 0.25) is 5.15 Å². The van der Waals surface area contributed by atoms with Gasteiger partial charge in [-0.25, -0.2) is 23.0 Å². The SMILES string of the molecule is Cc1cnc(Nc2cc(F)c(C3CCN(C)CC3)c(F)c2)nc1Nc1cnc(Cl)c(NS(=O)C(C)(C)C)c1.O. The molecule has 5 N–H and O–H groups in total. The number of likely N-dealkylation sites (tertiary alicyclic amines) is 1. The summed E-state index contributed by atoms with van der Waals surface area (Å²) in [7, 11) is 0.615. The highest BCUT2D eigenvalue weighted by molar-refractivity contribution is 7.87. The molecular formula is C26H34ClF2N7O2S. The fourth-order valence-electron chi connectivity index (χ4n) is 4.08. The van der Waals surface area contributed by atoms with Crippen LogP contribution >= 0.6 is 11.6 Å². The van der Waals surface area contributed by atoms with Gasteiger partial charge in [0.25, 0.3) is 0 Å². The number of hydrogen-bond acceptors (Lipinski definition) is 7. The van der Waals surface area contributed by atoms with Crippen LogP contribution in [0.3, 0.4) is 0 Å². The summed E-state index contributed by atoms with van der Waals surface area (Å²) < 4.78 is 44.8. The lowest BCUT2D eigenvalue weighted by molar-refractivity contribution is 0.250. The number of rotatable bonds is 7. The summed E-state index contributed by atoms with van der Waals surface area (Å²) in [4.78, 5) is 15.0. The minimum Gasteiger partial charge on any atom is -0.412 e. The average Bonchev–Trinajstić information content (AvgIpc) is 2.83. The maximum atomic E-state index is 15.0. The van der Waals surface area contributed by atoms with E-state index in [4.69, 9.17) is 11.6 Å². The van der Waals surface area contributed by atoms with E-state index >= 15 is 0 Å². The summed E-state index contributed by atoms with van der Waals surface area (Å²) in [6.45, 7) is 8.98. The van der Waals surface area contributed by atoms with Crippen LogP contribution in [-0.4, -0.2) is 54.4 Å². The number of benzene rings is 1. The highest BCUT2D eigenvalue weighted by Gasteiger charge is 2.25. The third-order valence-electron chi connectivity index (χ3n) is 6.29. The van der Waals surface area contributed by atoms with E-state index < -0.39 is 27.4 Å². The van der Waals surface area contributed by atoms with Crippen molar-refractivity contribution >= 4 is 51.4 Å². The van der Waals surface area contributed by atoms with Gasteiger partial charge in [0.2, 0.25) is 5.95 Å². The molecule has 2 aromatic heterocycles.